The summed E-state index contributed by atoms with van der Waals surface area (Å²) in [5.41, 5.74) is 3.17. The molecule has 1 atom stereocenters. The van der Waals surface area contributed by atoms with Gasteiger partial charge >= 0.3 is 0 Å². The number of hydrogen-bond donors (Lipinski definition) is 1. The molecule has 2 aromatic carbocycles. The number of nitrogens with one attached hydrogen (secondary N) is 1. The van der Waals surface area contributed by atoms with Gasteiger partial charge in [-0.1, -0.05) is 42.5 Å². The van der Waals surface area contributed by atoms with Crippen molar-refractivity contribution in [1.82, 2.24) is 9.29 Å². The van der Waals surface area contributed by atoms with Crippen LogP contribution in [0, 0.1) is 0 Å². The highest BCUT2D eigenvalue weighted by Gasteiger charge is 2.36. The van der Waals surface area contributed by atoms with Crippen molar-refractivity contribution < 1.29 is 13.2 Å². The van der Waals surface area contributed by atoms with Crippen molar-refractivity contribution in [3.05, 3.63) is 71.9 Å². The van der Waals surface area contributed by atoms with Gasteiger partial charge in [0.25, 0.3) is 0 Å². The first-order chi connectivity index (χ1) is 12.9. The van der Waals surface area contributed by atoms with Crippen LogP contribution < -0.4 is 5.32 Å². The van der Waals surface area contributed by atoms with Crippen molar-refractivity contribution in [2.75, 3.05) is 11.6 Å². The van der Waals surface area contributed by atoms with E-state index in [9.17, 15) is 13.2 Å². The Balaban J connectivity index is 1.69. The van der Waals surface area contributed by atoms with Gasteiger partial charge in [-0.15, -0.1) is 0 Å². The summed E-state index contributed by atoms with van der Waals surface area (Å²) < 4.78 is 25.9. The van der Waals surface area contributed by atoms with Gasteiger partial charge in [-0.25, -0.2) is 8.42 Å². The van der Waals surface area contributed by atoms with Crippen LogP contribution in [0.15, 0.2) is 60.8 Å². The first-order valence-electron chi connectivity index (χ1n) is 8.62. The van der Waals surface area contributed by atoms with Crippen LogP contribution in [0.3, 0.4) is 0 Å². The summed E-state index contributed by atoms with van der Waals surface area (Å²) in [6.07, 6.45) is 3.14. The minimum atomic E-state index is -3.54. The van der Waals surface area contributed by atoms with Gasteiger partial charge in [0.2, 0.25) is 15.9 Å². The van der Waals surface area contributed by atoms with Gasteiger partial charge in [0.15, 0.2) is 0 Å². The average Bonchev–Trinajstić information content (AvgIpc) is 2.66. The quantitative estimate of drug-likeness (QED) is 0.756. The summed E-state index contributed by atoms with van der Waals surface area (Å²) in [4.78, 5) is 17.4. The molecule has 27 heavy (non-hydrogen) atoms. The second-order valence-corrected chi connectivity index (χ2v) is 8.60. The van der Waals surface area contributed by atoms with E-state index in [1.54, 1.807) is 12.3 Å². The normalized spacial score (nSPS) is 17.4. The van der Waals surface area contributed by atoms with Crippen molar-refractivity contribution in [3.63, 3.8) is 0 Å². The zero-order valence-electron chi connectivity index (χ0n) is 14.8. The zero-order valence-corrected chi connectivity index (χ0v) is 15.6. The summed E-state index contributed by atoms with van der Waals surface area (Å²) in [6, 6.07) is 16.1. The molecule has 0 bridgehead atoms. The number of nitrogens with zero attached hydrogens (tertiary/aromatic N) is 2. The lowest BCUT2D eigenvalue weighted by molar-refractivity contribution is -0.120. The van der Waals surface area contributed by atoms with Crippen molar-refractivity contribution in [2.24, 2.45) is 0 Å². The third-order valence-corrected chi connectivity index (χ3v) is 6.06. The molecule has 1 aliphatic heterocycles. The lowest BCUT2D eigenvalue weighted by Crippen LogP contribution is -2.50. The Labute approximate surface area is 157 Å². The monoisotopic (exact) mass is 381 g/mol. The number of carbonyl (C=O) groups excluding carboxylic acids is 1. The Bertz CT molecular complexity index is 1120. The molecular formula is C20H19N3O3S. The molecule has 1 N–H and O–H groups in total. The molecule has 1 aliphatic rings. The van der Waals surface area contributed by atoms with Crippen LogP contribution in [0.2, 0.25) is 0 Å². The van der Waals surface area contributed by atoms with Gasteiger partial charge in [0, 0.05) is 18.1 Å². The fraction of sp³-hybridized carbons (Fsp3) is 0.200. The standard InChI is InChI=1S/C20H19N3O3S/c1-27(25,26)23-13-16-7-3-2-6-15(16)12-18(23)20(24)22-17-10-4-8-14-9-5-11-21-19(14)17/h2-11,18H,12-13H2,1H3,(H,22,24)/t18-/m1/s1. The highest BCUT2D eigenvalue weighted by atomic mass is 32.2. The van der Waals surface area contributed by atoms with Gasteiger partial charge in [0.1, 0.15) is 6.04 Å². The summed E-state index contributed by atoms with van der Waals surface area (Å²) in [5, 5.41) is 3.79. The minimum Gasteiger partial charge on any atom is -0.323 e. The number of sulfonamides is 1. The molecule has 7 heteroatoms. The van der Waals surface area contributed by atoms with E-state index in [0.717, 1.165) is 22.8 Å². The van der Waals surface area contributed by atoms with Gasteiger partial charge < -0.3 is 5.32 Å². The fourth-order valence-electron chi connectivity index (χ4n) is 3.49. The molecule has 3 aromatic rings. The van der Waals surface area contributed by atoms with E-state index in [2.05, 4.69) is 10.3 Å². The van der Waals surface area contributed by atoms with Crippen molar-refractivity contribution in [1.29, 1.82) is 0 Å². The highest BCUT2D eigenvalue weighted by Crippen LogP contribution is 2.27. The number of carbonyl (C=O) groups is 1. The third-order valence-electron chi connectivity index (χ3n) is 4.82. The average molecular weight is 381 g/mol. The number of fused-ring (bicyclic) bond motifs is 2. The minimum absolute atomic E-state index is 0.195. The Kier molecular flexibility index (Phi) is 4.41. The van der Waals surface area contributed by atoms with Crippen molar-refractivity contribution >= 4 is 32.5 Å². The van der Waals surface area contributed by atoms with E-state index in [1.165, 1.54) is 4.31 Å². The molecule has 0 saturated carbocycles. The Morgan fingerprint density at radius 2 is 1.81 bits per heavy atom. The Morgan fingerprint density at radius 1 is 1.07 bits per heavy atom. The van der Waals surface area contributed by atoms with E-state index in [1.807, 2.05) is 48.5 Å². The van der Waals surface area contributed by atoms with Gasteiger partial charge in [-0.3, -0.25) is 9.78 Å². The number of rotatable bonds is 3. The number of anilines is 1. The molecule has 2 heterocycles. The fourth-order valence-corrected chi connectivity index (χ4v) is 4.50. The molecule has 1 aromatic heterocycles. The van der Waals surface area contributed by atoms with Crippen molar-refractivity contribution in [3.8, 4) is 0 Å². The first kappa shape index (κ1) is 17.6. The number of para-hydroxylation sites is 1. The number of pyridine rings is 1. The Hall–Kier alpha value is -2.77. The molecule has 138 valence electrons. The molecule has 0 aliphatic carbocycles. The number of amides is 1. The molecule has 0 fully saturated rings. The maximum atomic E-state index is 13.0. The van der Waals surface area contributed by atoms with Gasteiger partial charge in [-0.05, 0) is 29.7 Å². The second-order valence-electron chi connectivity index (χ2n) is 6.67. The highest BCUT2D eigenvalue weighted by molar-refractivity contribution is 7.88. The predicted molar refractivity (Wildman–Crippen MR) is 105 cm³/mol. The molecule has 6 nitrogen and oxygen atoms in total. The number of hydrogen-bond acceptors (Lipinski definition) is 4. The summed E-state index contributed by atoms with van der Waals surface area (Å²) in [5.74, 6) is -0.354. The maximum absolute atomic E-state index is 13.0. The SMILES string of the molecule is CS(=O)(=O)N1Cc2ccccc2C[C@@H]1C(=O)Nc1cccc2cccnc12. The van der Waals surface area contributed by atoms with E-state index in [0.29, 0.717) is 17.6 Å². The van der Waals surface area contributed by atoms with E-state index < -0.39 is 16.1 Å². The smallest absolute Gasteiger partial charge is 0.243 e. The first-order valence-corrected chi connectivity index (χ1v) is 10.5. The third kappa shape index (κ3) is 3.43. The van der Waals surface area contributed by atoms with Crippen LogP contribution in [0.1, 0.15) is 11.1 Å². The molecule has 1 amide bonds. The number of aromatic nitrogens is 1. The topological polar surface area (TPSA) is 79.4 Å². The van der Waals surface area contributed by atoms with Crippen LogP contribution >= 0.6 is 0 Å². The van der Waals surface area contributed by atoms with Crippen LogP contribution in [-0.2, 0) is 27.8 Å². The molecule has 0 unspecified atom stereocenters. The summed E-state index contributed by atoms with van der Waals surface area (Å²) >= 11 is 0. The van der Waals surface area contributed by atoms with Crippen LogP contribution in [0.5, 0.6) is 0 Å². The second kappa shape index (κ2) is 6.75. The summed E-state index contributed by atoms with van der Waals surface area (Å²) in [6.45, 7) is 0.195. The van der Waals surface area contributed by atoms with E-state index in [-0.39, 0.29) is 12.5 Å². The lowest BCUT2D eigenvalue weighted by atomic mass is 9.95. The summed E-state index contributed by atoms with van der Waals surface area (Å²) in [7, 11) is -3.54. The maximum Gasteiger partial charge on any atom is 0.243 e. The largest absolute Gasteiger partial charge is 0.323 e. The van der Waals surface area contributed by atoms with E-state index >= 15 is 0 Å². The molecular weight excluding hydrogens is 362 g/mol. The lowest BCUT2D eigenvalue weighted by Gasteiger charge is -2.34. The van der Waals surface area contributed by atoms with Crippen LogP contribution in [-0.4, -0.2) is 35.9 Å². The van der Waals surface area contributed by atoms with Crippen LogP contribution in [0.4, 0.5) is 5.69 Å². The molecule has 4 rings (SSSR count). The predicted octanol–water partition coefficient (Wildman–Crippen LogP) is 2.56. The van der Waals surface area contributed by atoms with Crippen LogP contribution in [0.25, 0.3) is 10.9 Å². The molecule has 0 saturated heterocycles. The van der Waals surface area contributed by atoms with E-state index in [4.69, 9.17) is 0 Å². The van der Waals surface area contributed by atoms with Crippen molar-refractivity contribution in [2.45, 2.75) is 19.0 Å². The zero-order chi connectivity index (χ0) is 19.0. The molecule has 0 spiro atoms. The number of benzene rings is 2. The molecule has 0 radical (unpaired) electrons. The van der Waals surface area contributed by atoms with Gasteiger partial charge in [0.05, 0.1) is 17.5 Å². The Morgan fingerprint density at radius 3 is 2.59 bits per heavy atom. The van der Waals surface area contributed by atoms with Gasteiger partial charge in [-0.2, -0.15) is 4.31 Å².